The van der Waals surface area contributed by atoms with E-state index in [9.17, 15) is 9.00 Å². The lowest BCUT2D eigenvalue weighted by Crippen LogP contribution is -2.24. The summed E-state index contributed by atoms with van der Waals surface area (Å²) in [5.74, 6) is 1.38. The third kappa shape index (κ3) is 5.61. The Morgan fingerprint density at radius 3 is 2.65 bits per heavy atom. The molecule has 186 valence electrons. The summed E-state index contributed by atoms with van der Waals surface area (Å²) in [6.45, 7) is 12.9. The molecule has 0 aliphatic carbocycles. The van der Waals surface area contributed by atoms with E-state index in [1.807, 2.05) is 25.1 Å². The van der Waals surface area contributed by atoms with Crippen LogP contribution in [0.15, 0.2) is 41.6 Å². The number of nitrogens with one attached hydrogen (secondary N) is 1. The Bertz CT molecular complexity index is 1150. The van der Waals surface area contributed by atoms with Crippen molar-refractivity contribution in [3.63, 3.8) is 0 Å². The van der Waals surface area contributed by atoms with Crippen LogP contribution in [0.1, 0.15) is 70.1 Å². The number of nitrogens with zero attached hydrogens (tertiary/aromatic N) is 3. The van der Waals surface area contributed by atoms with Gasteiger partial charge < -0.3 is 14.6 Å². The second kappa shape index (κ2) is 11.3. The van der Waals surface area contributed by atoms with Gasteiger partial charge in [0.2, 0.25) is 0 Å². The van der Waals surface area contributed by atoms with Crippen LogP contribution in [-0.2, 0) is 27.7 Å². The topological polar surface area (TPSA) is 78.2 Å². The van der Waals surface area contributed by atoms with Gasteiger partial charge in [0.25, 0.3) is 5.91 Å². The van der Waals surface area contributed by atoms with Crippen molar-refractivity contribution in [3.05, 3.63) is 48.0 Å². The fourth-order valence-corrected chi connectivity index (χ4v) is 5.06. The van der Waals surface area contributed by atoms with Crippen molar-refractivity contribution in [2.45, 2.75) is 70.7 Å². The smallest absolute Gasteiger partial charge is 0.252 e. The van der Waals surface area contributed by atoms with Crippen LogP contribution in [0.5, 0.6) is 0 Å². The predicted octanol–water partition coefficient (Wildman–Crippen LogP) is 4.91. The SMILES string of the molecule is CCNC(=O)c1ccn(S(=O)c2ccc3c(c2)nc(C(C)(C)CC)n3CC(CC)CCOC)c1. The van der Waals surface area contributed by atoms with Crippen molar-refractivity contribution in [3.8, 4) is 0 Å². The van der Waals surface area contributed by atoms with Gasteiger partial charge in [0.05, 0.1) is 21.5 Å². The molecule has 0 aliphatic rings. The van der Waals surface area contributed by atoms with E-state index in [1.54, 1.807) is 29.5 Å². The Balaban J connectivity index is 1.99. The quantitative estimate of drug-likeness (QED) is 0.395. The first-order valence-corrected chi connectivity index (χ1v) is 13.2. The van der Waals surface area contributed by atoms with E-state index in [1.165, 1.54) is 0 Å². The molecular weight excluding hydrogens is 448 g/mol. The van der Waals surface area contributed by atoms with Gasteiger partial charge in [0, 0.05) is 44.6 Å². The standard InChI is InChI=1S/C26H38N4O3S/c1-7-19(13-15-33-6)17-30-23-11-10-21(16-22(23)28-25(30)26(4,5)8-2)34(32)29-14-12-20(18-29)24(31)27-9-3/h10-12,14,16,18-19H,7-9,13,15,17H2,1-6H3,(H,27,31). The lowest BCUT2D eigenvalue weighted by atomic mass is 9.89. The van der Waals surface area contributed by atoms with Gasteiger partial charge in [-0.05, 0) is 49.9 Å². The molecule has 0 bridgehead atoms. The summed E-state index contributed by atoms with van der Waals surface area (Å²) in [4.78, 5) is 17.8. The molecule has 8 heteroatoms. The van der Waals surface area contributed by atoms with Crippen LogP contribution in [-0.4, -0.2) is 43.9 Å². The molecule has 2 atom stereocenters. The summed E-state index contributed by atoms with van der Waals surface area (Å²) in [5.41, 5.74) is 2.32. The molecule has 2 aromatic heterocycles. The summed E-state index contributed by atoms with van der Waals surface area (Å²) in [6, 6.07) is 7.53. The minimum atomic E-state index is -1.47. The monoisotopic (exact) mass is 486 g/mol. The number of rotatable bonds is 12. The van der Waals surface area contributed by atoms with Gasteiger partial charge in [0.1, 0.15) is 5.82 Å². The number of imidazole rings is 1. The Morgan fingerprint density at radius 1 is 1.24 bits per heavy atom. The van der Waals surface area contributed by atoms with Crippen molar-refractivity contribution in [2.24, 2.45) is 5.92 Å². The molecule has 1 amide bonds. The van der Waals surface area contributed by atoms with Gasteiger partial charge >= 0.3 is 0 Å². The van der Waals surface area contributed by atoms with Gasteiger partial charge in [-0.3, -0.25) is 8.77 Å². The molecule has 0 saturated heterocycles. The Hall–Kier alpha value is -2.45. The lowest BCUT2D eigenvalue weighted by molar-refractivity contribution is 0.0956. The van der Waals surface area contributed by atoms with Crippen LogP contribution in [0.3, 0.4) is 0 Å². The van der Waals surface area contributed by atoms with E-state index in [0.29, 0.717) is 22.9 Å². The molecule has 1 N–H and O–H groups in total. The maximum atomic E-state index is 13.3. The van der Waals surface area contributed by atoms with Gasteiger partial charge in [-0.25, -0.2) is 9.19 Å². The number of carbonyl (C=O) groups is 1. The van der Waals surface area contributed by atoms with Crippen molar-refractivity contribution in [1.82, 2.24) is 18.8 Å². The summed E-state index contributed by atoms with van der Waals surface area (Å²) < 4.78 is 22.5. The van der Waals surface area contributed by atoms with Gasteiger partial charge in [-0.15, -0.1) is 0 Å². The molecule has 3 aromatic rings. The van der Waals surface area contributed by atoms with Crippen LogP contribution < -0.4 is 5.32 Å². The highest BCUT2D eigenvalue weighted by molar-refractivity contribution is 7.83. The third-order valence-corrected chi connectivity index (χ3v) is 7.88. The number of methoxy groups -OCH3 is 1. The molecule has 0 spiro atoms. The summed E-state index contributed by atoms with van der Waals surface area (Å²) >= 11 is 0. The second-order valence-corrected chi connectivity index (χ2v) is 10.7. The highest BCUT2D eigenvalue weighted by Gasteiger charge is 2.27. The number of aromatic nitrogens is 3. The number of carbonyl (C=O) groups excluding carboxylic acids is 1. The van der Waals surface area contributed by atoms with E-state index in [-0.39, 0.29) is 11.3 Å². The molecule has 0 fully saturated rings. The average Bonchev–Trinajstić information content (AvgIpc) is 3.47. The Kier molecular flexibility index (Phi) is 8.71. The first-order valence-electron chi connectivity index (χ1n) is 12.1. The van der Waals surface area contributed by atoms with E-state index in [2.05, 4.69) is 37.6 Å². The zero-order chi connectivity index (χ0) is 24.9. The molecule has 0 saturated carbocycles. The molecule has 34 heavy (non-hydrogen) atoms. The number of ether oxygens (including phenoxy) is 1. The van der Waals surface area contributed by atoms with Gasteiger partial charge in [-0.2, -0.15) is 0 Å². The normalized spacial score (nSPS) is 13.8. The minimum Gasteiger partial charge on any atom is -0.385 e. The van der Waals surface area contributed by atoms with Crippen LogP contribution in [0.4, 0.5) is 0 Å². The summed E-state index contributed by atoms with van der Waals surface area (Å²) in [7, 11) is 0.278. The molecule has 2 heterocycles. The predicted molar refractivity (Wildman–Crippen MR) is 138 cm³/mol. The maximum Gasteiger partial charge on any atom is 0.252 e. The number of benzene rings is 1. The fraction of sp³-hybridized carbons (Fsp3) is 0.538. The van der Waals surface area contributed by atoms with Crippen LogP contribution >= 0.6 is 0 Å². The number of fused-ring (bicyclic) bond motifs is 1. The van der Waals surface area contributed by atoms with Gasteiger partial charge in [-0.1, -0.05) is 34.1 Å². The lowest BCUT2D eigenvalue weighted by Gasteiger charge is -2.26. The molecule has 3 rings (SSSR count). The third-order valence-electron chi connectivity index (χ3n) is 6.62. The maximum absolute atomic E-state index is 13.3. The number of hydrogen-bond acceptors (Lipinski definition) is 4. The number of amides is 1. The molecular formula is C26H38N4O3S. The van der Waals surface area contributed by atoms with Crippen molar-refractivity contribution in [2.75, 3.05) is 20.3 Å². The average molecular weight is 487 g/mol. The molecule has 0 aliphatic heterocycles. The van der Waals surface area contributed by atoms with Crippen molar-refractivity contribution >= 4 is 27.9 Å². The summed E-state index contributed by atoms with van der Waals surface area (Å²) in [5, 5.41) is 2.77. The first-order chi connectivity index (χ1) is 16.2. The Labute approximate surface area is 205 Å². The van der Waals surface area contributed by atoms with E-state index in [4.69, 9.17) is 9.72 Å². The van der Waals surface area contributed by atoms with Gasteiger partial charge in [0.15, 0.2) is 11.0 Å². The minimum absolute atomic E-state index is 0.0835. The second-order valence-electron chi connectivity index (χ2n) is 9.36. The van der Waals surface area contributed by atoms with Crippen molar-refractivity contribution < 1.29 is 13.7 Å². The van der Waals surface area contributed by atoms with E-state index < -0.39 is 11.0 Å². The van der Waals surface area contributed by atoms with Crippen LogP contribution in [0.25, 0.3) is 11.0 Å². The highest BCUT2D eigenvalue weighted by Crippen LogP contribution is 2.32. The fourth-order valence-electron chi connectivity index (χ4n) is 4.04. The Morgan fingerprint density at radius 2 is 2.00 bits per heavy atom. The zero-order valence-electron chi connectivity index (χ0n) is 21.3. The van der Waals surface area contributed by atoms with E-state index in [0.717, 1.165) is 49.3 Å². The van der Waals surface area contributed by atoms with Crippen LogP contribution in [0, 0.1) is 5.92 Å². The molecule has 1 aromatic carbocycles. The van der Waals surface area contributed by atoms with Crippen molar-refractivity contribution in [1.29, 1.82) is 0 Å². The zero-order valence-corrected chi connectivity index (χ0v) is 22.1. The molecule has 7 nitrogen and oxygen atoms in total. The van der Waals surface area contributed by atoms with Crippen LogP contribution in [0.2, 0.25) is 0 Å². The van der Waals surface area contributed by atoms with E-state index >= 15 is 0 Å². The highest BCUT2D eigenvalue weighted by atomic mass is 32.2. The number of hydrogen-bond donors (Lipinski definition) is 1. The summed E-state index contributed by atoms with van der Waals surface area (Å²) in [6.07, 6.45) is 6.34. The molecule has 0 radical (unpaired) electrons. The largest absolute Gasteiger partial charge is 0.385 e. The molecule has 2 unspecified atom stereocenters. The first kappa shape index (κ1) is 26.2.